The van der Waals surface area contributed by atoms with Gasteiger partial charge in [-0.1, -0.05) is 12.1 Å². The zero-order valence-electron chi connectivity index (χ0n) is 17.5. The van der Waals surface area contributed by atoms with Crippen LogP contribution in [-0.4, -0.2) is 23.3 Å². The van der Waals surface area contributed by atoms with E-state index in [4.69, 9.17) is 9.47 Å². The van der Waals surface area contributed by atoms with Crippen LogP contribution in [0.15, 0.2) is 36.4 Å². The van der Waals surface area contributed by atoms with E-state index in [1.165, 1.54) is 19.1 Å². The number of nitrogens with one attached hydrogen (secondary N) is 2. The average Bonchev–Trinajstić information content (AvgIpc) is 2.58. The number of urea groups is 1. The number of amides is 2. The highest BCUT2D eigenvalue weighted by molar-refractivity contribution is 5.77. The molecule has 2 aromatic rings. The second-order valence-electron chi connectivity index (χ2n) is 8.79. The molecule has 0 aromatic heterocycles. The van der Waals surface area contributed by atoms with E-state index in [0.29, 0.717) is 24.3 Å². The Balaban J connectivity index is 1.85. The molecule has 2 amide bonds. The van der Waals surface area contributed by atoms with E-state index in [1.807, 2.05) is 20.8 Å². The fourth-order valence-electron chi connectivity index (χ4n) is 4.69. The van der Waals surface area contributed by atoms with Crippen molar-refractivity contribution >= 4 is 12.0 Å². The number of esters is 1. The number of rotatable bonds is 2. The SMILES string of the molecule is CC(=O)Oc1cc(C)c2c(c1)O[C@]1(C[C@H]2c2ccc(F)cc2)CC(C)(C)NC(=O)N1. The first-order valence-electron chi connectivity index (χ1n) is 9.94. The fraction of sp³-hybridized carbons (Fsp3) is 0.391. The summed E-state index contributed by atoms with van der Waals surface area (Å²) in [5.74, 6) is 0.0677. The zero-order chi connectivity index (χ0) is 21.7. The molecule has 0 radical (unpaired) electrons. The van der Waals surface area contributed by atoms with Crippen LogP contribution in [0.2, 0.25) is 0 Å². The van der Waals surface area contributed by atoms with Gasteiger partial charge in [0, 0.05) is 42.9 Å². The van der Waals surface area contributed by atoms with Crippen molar-refractivity contribution in [3.8, 4) is 11.5 Å². The molecule has 158 valence electrons. The summed E-state index contributed by atoms with van der Waals surface area (Å²) in [6, 6.07) is 9.56. The Morgan fingerprint density at radius 1 is 1.20 bits per heavy atom. The van der Waals surface area contributed by atoms with Gasteiger partial charge in [-0.2, -0.15) is 0 Å². The molecule has 6 nitrogen and oxygen atoms in total. The highest BCUT2D eigenvalue weighted by atomic mass is 19.1. The fourth-order valence-corrected chi connectivity index (χ4v) is 4.69. The molecular formula is C23H25FN2O4. The van der Waals surface area contributed by atoms with Crippen molar-refractivity contribution in [3.63, 3.8) is 0 Å². The maximum atomic E-state index is 13.6. The summed E-state index contributed by atoms with van der Waals surface area (Å²) in [5.41, 5.74) is 1.34. The number of ether oxygens (including phenoxy) is 2. The first-order chi connectivity index (χ1) is 14.1. The van der Waals surface area contributed by atoms with Gasteiger partial charge in [0.2, 0.25) is 0 Å². The van der Waals surface area contributed by atoms with E-state index in [1.54, 1.807) is 24.3 Å². The Labute approximate surface area is 174 Å². The summed E-state index contributed by atoms with van der Waals surface area (Å²) in [5, 5.41) is 5.88. The van der Waals surface area contributed by atoms with Crippen LogP contribution in [0.1, 0.15) is 56.2 Å². The third kappa shape index (κ3) is 3.84. The number of aryl methyl sites for hydroxylation is 1. The number of hydrogen-bond acceptors (Lipinski definition) is 4. The van der Waals surface area contributed by atoms with E-state index in [0.717, 1.165) is 16.7 Å². The van der Waals surface area contributed by atoms with Crippen molar-refractivity contribution in [2.75, 3.05) is 0 Å². The first kappa shape index (κ1) is 20.2. The third-order valence-corrected chi connectivity index (χ3v) is 5.56. The van der Waals surface area contributed by atoms with Gasteiger partial charge in [0.25, 0.3) is 0 Å². The summed E-state index contributed by atoms with van der Waals surface area (Å²) in [6.07, 6.45) is 1.02. The zero-order valence-corrected chi connectivity index (χ0v) is 17.5. The van der Waals surface area contributed by atoms with Crippen LogP contribution in [0.3, 0.4) is 0 Å². The van der Waals surface area contributed by atoms with Gasteiger partial charge in [0.05, 0.1) is 0 Å². The van der Waals surface area contributed by atoms with E-state index >= 15 is 0 Å². The summed E-state index contributed by atoms with van der Waals surface area (Å²) < 4.78 is 25.3. The molecule has 2 aliphatic heterocycles. The molecule has 1 fully saturated rings. The molecule has 1 spiro atoms. The Kier molecular flexibility index (Phi) is 4.71. The van der Waals surface area contributed by atoms with E-state index in [9.17, 15) is 14.0 Å². The number of hydrogen-bond donors (Lipinski definition) is 2. The number of carbonyl (C=O) groups is 2. The molecule has 2 atom stereocenters. The molecule has 1 saturated heterocycles. The molecule has 2 heterocycles. The van der Waals surface area contributed by atoms with Crippen molar-refractivity contribution in [2.45, 2.75) is 57.7 Å². The maximum absolute atomic E-state index is 13.6. The Bertz CT molecular complexity index is 1020. The van der Waals surface area contributed by atoms with Gasteiger partial charge in [-0.05, 0) is 50.1 Å². The summed E-state index contributed by atoms with van der Waals surface area (Å²) in [7, 11) is 0. The molecule has 0 aliphatic carbocycles. The number of carbonyl (C=O) groups excluding carboxylic acids is 2. The third-order valence-electron chi connectivity index (χ3n) is 5.56. The molecule has 2 aromatic carbocycles. The normalized spacial score (nSPS) is 24.3. The summed E-state index contributed by atoms with van der Waals surface area (Å²) >= 11 is 0. The topological polar surface area (TPSA) is 76.7 Å². The van der Waals surface area contributed by atoms with Crippen molar-refractivity contribution in [1.82, 2.24) is 10.6 Å². The van der Waals surface area contributed by atoms with Crippen molar-refractivity contribution in [1.29, 1.82) is 0 Å². The predicted molar refractivity (Wildman–Crippen MR) is 109 cm³/mol. The second kappa shape index (κ2) is 7.00. The maximum Gasteiger partial charge on any atom is 0.318 e. The number of halogens is 1. The van der Waals surface area contributed by atoms with Crippen LogP contribution >= 0.6 is 0 Å². The largest absolute Gasteiger partial charge is 0.467 e. The van der Waals surface area contributed by atoms with Crippen molar-refractivity contribution < 1.29 is 23.5 Å². The molecule has 2 N–H and O–H groups in total. The Morgan fingerprint density at radius 3 is 2.53 bits per heavy atom. The molecule has 7 heteroatoms. The smallest absolute Gasteiger partial charge is 0.318 e. The molecule has 0 bridgehead atoms. The van der Waals surface area contributed by atoms with Gasteiger partial charge in [-0.15, -0.1) is 0 Å². The van der Waals surface area contributed by atoms with E-state index in [2.05, 4.69) is 10.6 Å². The van der Waals surface area contributed by atoms with Gasteiger partial charge >= 0.3 is 12.0 Å². The minimum absolute atomic E-state index is 0.130. The first-order valence-corrected chi connectivity index (χ1v) is 9.94. The summed E-state index contributed by atoms with van der Waals surface area (Å²) in [6.45, 7) is 7.16. The molecule has 0 saturated carbocycles. The summed E-state index contributed by atoms with van der Waals surface area (Å²) in [4.78, 5) is 23.9. The highest BCUT2D eigenvalue weighted by Crippen LogP contribution is 2.49. The predicted octanol–water partition coefficient (Wildman–Crippen LogP) is 4.15. The lowest BCUT2D eigenvalue weighted by atomic mass is 9.76. The highest BCUT2D eigenvalue weighted by Gasteiger charge is 2.50. The van der Waals surface area contributed by atoms with Crippen LogP contribution in [-0.2, 0) is 4.79 Å². The van der Waals surface area contributed by atoms with Crippen molar-refractivity contribution in [2.24, 2.45) is 0 Å². The average molecular weight is 412 g/mol. The van der Waals surface area contributed by atoms with Crippen LogP contribution < -0.4 is 20.1 Å². The van der Waals surface area contributed by atoms with Gasteiger partial charge in [0.15, 0.2) is 5.72 Å². The van der Waals surface area contributed by atoms with Gasteiger partial charge < -0.3 is 20.1 Å². The number of fused-ring (bicyclic) bond motifs is 1. The standard InChI is InChI=1S/C23H25FN2O4/c1-13-9-17(29-14(2)27)10-19-20(13)18(15-5-7-16(24)8-6-15)11-23(30-19)12-22(3,4)25-21(28)26-23/h5-10,18H,11-12H2,1-4H3,(H2,25,26,28)/t18-,23+/m0/s1. The van der Waals surface area contributed by atoms with Crippen LogP contribution in [0, 0.1) is 12.7 Å². The number of benzene rings is 2. The van der Waals surface area contributed by atoms with E-state index in [-0.39, 0.29) is 17.8 Å². The second-order valence-corrected chi connectivity index (χ2v) is 8.79. The quantitative estimate of drug-likeness (QED) is 0.574. The Hall–Kier alpha value is -3.09. The molecule has 30 heavy (non-hydrogen) atoms. The lowest BCUT2D eigenvalue weighted by Gasteiger charge is -2.49. The minimum Gasteiger partial charge on any atom is -0.467 e. The molecular weight excluding hydrogens is 387 g/mol. The van der Waals surface area contributed by atoms with Crippen LogP contribution in [0.4, 0.5) is 9.18 Å². The van der Waals surface area contributed by atoms with Gasteiger partial charge in [-0.25, -0.2) is 9.18 Å². The van der Waals surface area contributed by atoms with Crippen molar-refractivity contribution in [3.05, 3.63) is 58.9 Å². The lowest BCUT2D eigenvalue weighted by molar-refractivity contribution is -0.131. The molecule has 0 unspecified atom stereocenters. The van der Waals surface area contributed by atoms with Gasteiger partial charge in [-0.3, -0.25) is 4.79 Å². The minimum atomic E-state index is -0.945. The lowest BCUT2D eigenvalue weighted by Crippen LogP contribution is -2.69. The Morgan fingerprint density at radius 2 is 1.90 bits per heavy atom. The van der Waals surface area contributed by atoms with Crippen LogP contribution in [0.5, 0.6) is 11.5 Å². The molecule has 2 aliphatic rings. The molecule has 4 rings (SSSR count). The van der Waals surface area contributed by atoms with Gasteiger partial charge in [0.1, 0.15) is 17.3 Å². The monoisotopic (exact) mass is 412 g/mol. The van der Waals surface area contributed by atoms with E-state index < -0.39 is 17.2 Å². The van der Waals surface area contributed by atoms with Crippen LogP contribution in [0.25, 0.3) is 0 Å².